The molecule has 0 atom stereocenters. The molecule has 0 N–H and O–H groups in total. The second-order valence-electron chi connectivity index (χ2n) is 5.01. The molecule has 0 amide bonds. The van der Waals surface area contributed by atoms with E-state index in [9.17, 15) is 0 Å². The van der Waals surface area contributed by atoms with Crippen LogP contribution < -0.4 is 4.74 Å². The average molecular weight is 294 g/mol. The highest BCUT2D eigenvalue weighted by atomic mass is 16.5. The molecule has 0 bridgehead atoms. The Labute approximate surface area is 131 Å². The zero-order valence-electron chi connectivity index (χ0n) is 14.7. The first-order valence-corrected chi connectivity index (χ1v) is 8.49. The normalized spacial score (nSPS) is 9.95. The summed E-state index contributed by atoms with van der Waals surface area (Å²) in [5.41, 5.74) is 2.80. The van der Waals surface area contributed by atoms with Gasteiger partial charge in [0.1, 0.15) is 5.75 Å². The van der Waals surface area contributed by atoms with Gasteiger partial charge in [-0.3, -0.25) is 0 Å². The van der Waals surface area contributed by atoms with Crippen LogP contribution in [0, 0.1) is 6.92 Å². The molecule has 0 aromatic heterocycles. The Kier molecular flexibility index (Phi) is 13.3. The summed E-state index contributed by atoms with van der Waals surface area (Å²) >= 11 is 0. The molecule has 0 aliphatic rings. The van der Waals surface area contributed by atoms with Crippen molar-refractivity contribution < 1.29 is 9.47 Å². The van der Waals surface area contributed by atoms with Crippen molar-refractivity contribution in [3.05, 3.63) is 29.3 Å². The van der Waals surface area contributed by atoms with Gasteiger partial charge in [0.2, 0.25) is 0 Å². The number of hydrogen-bond donors (Lipinski definition) is 0. The zero-order valence-corrected chi connectivity index (χ0v) is 14.7. The molecule has 1 aromatic rings. The highest BCUT2D eigenvalue weighted by Gasteiger charge is 2.01. The summed E-state index contributed by atoms with van der Waals surface area (Å²) in [7, 11) is 1.73. The number of benzene rings is 1. The van der Waals surface area contributed by atoms with Crippen molar-refractivity contribution in [2.24, 2.45) is 0 Å². The van der Waals surface area contributed by atoms with Gasteiger partial charge in [-0.25, -0.2) is 0 Å². The summed E-state index contributed by atoms with van der Waals surface area (Å²) in [6, 6.07) is 6.35. The maximum Gasteiger partial charge on any atom is 0.119 e. The number of methoxy groups -OCH3 is 1. The number of unbranched alkanes of at least 4 members (excludes halogenated alkanes) is 4. The maximum absolute atomic E-state index is 5.34. The van der Waals surface area contributed by atoms with Gasteiger partial charge in [-0.15, -0.1) is 0 Å². The van der Waals surface area contributed by atoms with E-state index in [0.717, 1.165) is 25.4 Å². The molecule has 0 unspecified atom stereocenters. The first-order chi connectivity index (χ1) is 10.3. The number of aryl methyl sites for hydroxylation is 2. The van der Waals surface area contributed by atoms with Crippen LogP contribution in [0.4, 0.5) is 0 Å². The van der Waals surface area contributed by atoms with E-state index >= 15 is 0 Å². The Balaban J connectivity index is 0.00000191. The van der Waals surface area contributed by atoms with Crippen molar-refractivity contribution in [1.82, 2.24) is 0 Å². The van der Waals surface area contributed by atoms with Gasteiger partial charge in [0, 0.05) is 13.2 Å². The predicted molar refractivity (Wildman–Crippen MR) is 92.4 cm³/mol. The first-order valence-electron chi connectivity index (χ1n) is 8.49. The molecule has 0 saturated carbocycles. The van der Waals surface area contributed by atoms with Crippen LogP contribution in [0.5, 0.6) is 5.75 Å². The standard InChI is InChI=1S/C17H28O2.C2H6/c1-4-19-13-9-7-5-6-8-10-16-14-17(18-3)12-11-15(16)2;1-2/h11-12,14H,4-10,13H2,1-3H3;1-2H3. The summed E-state index contributed by atoms with van der Waals surface area (Å²) in [6.07, 6.45) is 7.54. The molecule has 2 heteroatoms. The van der Waals surface area contributed by atoms with Gasteiger partial charge < -0.3 is 9.47 Å². The van der Waals surface area contributed by atoms with Crippen molar-refractivity contribution in [3.8, 4) is 5.75 Å². The Morgan fingerprint density at radius 1 is 0.952 bits per heavy atom. The fourth-order valence-corrected chi connectivity index (χ4v) is 2.24. The van der Waals surface area contributed by atoms with Crippen LogP contribution in [0.15, 0.2) is 18.2 Å². The molecule has 0 aliphatic heterocycles. The number of ether oxygens (including phenoxy) is 2. The third-order valence-electron chi connectivity index (χ3n) is 3.50. The van der Waals surface area contributed by atoms with Crippen LogP contribution in [-0.2, 0) is 11.2 Å². The van der Waals surface area contributed by atoms with E-state index in [-0.39, 0.29) is 0 Å². The van der Waals surface area contributed by atoms with E-state index in [1.54, 1.807) is 7.11 Å². The minimum absolute atomic E-state index is 0.842. The van der Waals surface area contributed by atoms with Crippen LogP contribution in [0.25, 0.3) is 0 Å². The van der Waals surface area contributed by atoms with E-state index in [4.69, 9.17) is 9.47 Å². The van der Waals surface area contributed by atoms with Crippen molar-refractivity contribution in [1.29, 1.82) is 0 Å². The molecule has 0 spiro atoms. The summed E-state index contributed by atoms with van der Waals surface area (Å²) in [5, 5.41) is 0. The van der Waals surface area contributed by atoms with Crippen LogP contribution in [0.1, 0.15) is 64.0 Å². The van der Waals surface area contributed by atoms with Crippen LogP contribution in [-0.4, -0.2) is 20.3 Å². The maximum atomic E-state index is 5.34. The molecule has 122 valence electrons. The number of rotatable bonds is 10. The van der Waals surface area contributed by atoms with Crippen LogP contribution in [0.2, 0.25) is 0 Å². The Bertz CT molecular complexity index is 347. The zero-order chi connectivity index (χ0) is 15.9. The molecular weight excluding hydrogens is 260 g/mol. The molecule has 1 aromatic carbocycles. The Morgan fingerprint density at radius 2 is 1.62 bits per heavy atom. The lowest BCUT2D eigenvalue weighted by atomic mass is 10.0. The van der Waals surface area contributed by atoms with Crippen LogP contribution in [0.3, 0.4) is 0 Å². The van der Waals surface area contributed by atoms with Gasteiger partial charge in [0.25, 0.3) is 0 Å². The van der Waals surface area contributed by atoms with Gasteiger partial charge in [0.15, 0.2) is 0 Å². The fraction of sp³-hybridized carbons (Fsp3) is 0.684. The lowest BCUT2D eigenvalue weighted by molar-refractivity contribution is 0.143. The van der Waals surface area contributed by atoms with Crippen molar-refractivity contribution in [2.75, 3.05) is 20.3 Å². The molecular formula is C19H34O2. The summed E-state index contributed by atoms with van der Waals surface area (Å²) in [4.78, 5) is 0. The smallest absolute Gasteiger partial charge is 0.119 e. The quantitative estimate of drug-likeness (QED) is 0.526. The van der Waals surface area contributed by atoms with Gasteiger partial charge in [0.05, 0.1) is 7.11 Å². The van der Waals surface area contributed by atoms with Crippen molar-refractivity contribution in [3.63, 3.8) is 0 Å². The SMILES string of the molecule is CC.CCOCCCCCCCc1cc(OC)ccc1C. The third-order valence-corrected chi connectivity index (χ3v) is 3.50. The summed E-state index contributed by atoms with van der Waals surface area (Å²) in [6.45, 7) is 9.99. The van der Waals surface area contributed by atoms with Crippen molar-refractivity contribution >= 4 is 0 Å². The van der Waals surface area contributed by atoms with Gasteiger partial charge in [-0.1, -0.05) is 39.2 Å². The minimum atomic E-state index is 0.842. The molecule has 0 radical (unpaired) electrons. The highest BCUT2D eigenvalue weighted by Crippen LogP contribution is 2.19. The molecule has 0 saturated heterocycles. The lowest BCUT2D eigenvalue weighted by Crippen LogP contribution is -1.94. The minimum Gasteiger partial charge on any atom is -0.497 e. The third kappa shape index (κ3) is 9.52. The second-order valence-corrected chi connectivity index (χ2v) is 5.01. The molecule has 2 nitrogen and oxygen atoms in total. The number of hydrogen-bond acceptors (Lipinski definition) is 2. The van der Waals surface area contributed by atoms with Gasteiger partial charge >= 0.3 is 0 Å². The van der Waals surface area contributed by atoms with E-state index < -0.39 is 0 Å². The molecule has 21 heavy (non-hydrogen) atoms. The second kappa shape index (κ2) is 13.9. The largest absolute Gasteiger partial charge is 0.497 e. The van der Waals surface area contributed by atoms with E-state index in [1.807, 2.05) is 19.9 Å². The monoisotopic (exact) mass is 294 g/mol. The topological polar surface area (TPSA) is 18.5 Å². The average Bonchev–Trinajstić information content (AvgIpc) is 2.53. The molecule has 0 heterocycles. The molecule has 1 rings (SSSR count). The molecule has 0 aliphatic carbocycles. The Hall–Kier alpha value is -1.02. The highest BCUT2D eigenvalue weighted by molar-refractivity contribution is 5.34. The van der Waals surface area contributed by atoms with Gasteiger partial charge in [-0.05, 0) is 56.4 Å². The summed E-state index contributed by atoms with van der Waals surface area (Å²) < 4.78 is 10.6. The lowest BCUT2D eigenvalue weighted by Gasteiger charge is -2.08. The summed E-state index contributed by atoms with van der Waals surface area (Å²) in [5.74, 6) is 0.970. The Morgan fingerprint density at radius 3 is 2.29 bits per heavy atom. The van der Waals surface area contributed by atoms with Crippen LogP contribution >= 0.6 is 0 Å². The molecule has 0 fully saturated rings. The van der Waals surface area contributed by atoms with E-state index in [0.29, 0.717) is 0 Å². The fourth-order valence-electron chi connectivity index (χ4n) is 2.24. The predicted octanol–water partition coefficient (Wildman–Crippen LogP) is 5.56. The van der Waals surface area contributed by atoms with Crippen molar-refractivity contribution in [2.45, 2.75) is 66.2 Å². The first kappa shape index (κ1) is 20.0. The van der Waals surface area contributed by atoms with E-state index in [1.165, 1.54) is 43.2 Å². The van der Waals surface area contributed by atoms with Gasteiger partial charge in [-0.2, -0.15) is 0 Å². The van der Waals surface area contributed by atoms with E-state index in [2.05, 4.69) is 26.0 Å².